The van der Waals surface area contributed by atoms with Gasteiger partial charge in [-0.25, -0.2) is 0 Å². The average Bonchev–Trinajstić information content (AvgIpc) is 3.11. The molecule has 0 saturated carbocycles. The molecule has 0 aliphatic rings. The standard InChI is InChI=1S/C24H27Br2NO3.ClH/c1-4-21-23(17-9-7-8-10-22(17)30-21)20(28)15-16-13-18(25)24(19(26)14-16)29-12-11-27(5-2)6-3;/h7-10,13-14H,4-6,11-12,15H2,1-3H3;1H. The van der Waals surface area contributed by atoms with Crippen LogP contribution in [0.5, 0.6) is 5.75 Å². The molecule has 0 aliphatic heterocycles. The van der Waals surface area contributed by atoms with E-state index in [0.717, 1.165) is 56.6 Å². The molecule has 0 amide bonds. The first kappa shape index (κ1) is 25.9. The molecule has 3 rings (SSSR count). The molecule has 0 fully saturated rings. The molecule has 0 unspecified atom stereocenters. The summed E-state index contributed by atoms with van der Waals surface area (Å²) in [4.78, 5) is 14.7. The fourth-order valence-electron chi connectivity index (χ4n) is 3.68. The van der Waals surface area contributed by atoms with Crippen LogP contribution in [0.1, 0.15) is 42.5 Å². The van der Waals surface area contributed by atoms with E-state index >= 15 is 0 Å². The third-order valence-corrected chi connectivity index (χ3v) is 6.57. The highest BCUT2D eigenvalue weighted by atomic mass is 79.9. The van der Waals surface area contributed by atoms with Gasteiger partial charge in [-0.1, -0.05) is 25.1 Å². The molecule has 3 aromatic rings. The number of likely N-dealkylation sites (N-methyl/N-ethyl adjacent to an activating group) is 1. The van der Waals surface area contributed by atoms with Gasteiger partial charge in [0, 0.05) is 18.2 Å². The van der Waals surface area contributed by atoms with Crippen molar-refractivity contribution in [3.05, 3.63) is 62.2 Å². The van der Waals surface area contributed by atoms with Crippen molar-refractivity contribution in [2.24, 2.45) is 0 Å². The molecule has 0 spiro atoms. The molecule has 4 nitrogen and oxygen atoms in total. The summed E-state index contributed by atoms with van der Waals surface area (Å²) in [6.45, 7) is 10.2. The lowest BCUT2D eigenvalue weighted by Crippen LogP contribution is -3.12. The first-order valence-corrected chi connectivity index (χ1v) is 12.0. The molecule has 1 aromatic heterocycles. The van der Waals surface area contributed by atoms with Crippen LogP contribution in [0.4, 0.5) is 0 Å². The Bertz CT molecular complexity index is 1010. The molecular weight excluding hydrogens is 546 g/mol. The smallest absolute Gasteiger partial charge is 0.171 e. The van der Waals surface area contributed by atoms with E-state index in [1.165, 1.54) is 4.90 Å². The highest BCUT2D eigenvalue weighted by Gasteiger charge is 2.20. The van der Waals surface area contributed by atoms with Crippen LogP contribution in [0.2, 0.25) is 0 Å². The summed E-state index contributed by atoms with van der Waals surface area (Å²) in [6, 6.07) is 11.7. The lowest BCUT2D eigenvalue weighted by atomic mass is 9.99. The van der Waals surface area contributed by atoms with Crippen molar-refractivity contribution in [2.75, 3.05) is 26.2 Å². The zero-order chi connectivity index (χ0) is 21.7. The topological polar surface area (TPSA) is 43.9 Å². The van der Waals surface area contributed by atoms with Crippen molar-refractivity contribution in [1.82, 2.24) is 0 Å². The Hall–Kier alpha value is -1.34. The zero-order valence-corrected chi connectivity index (χ0v) is 22.0. The van der Waals surface area contributed by atoms with Crippen LogP contribution in [0.25, 0.3) is 11.0 Å². The predicted molar refractivity (Wildman–Crippen MR) is 128 cm³/mol. The molecule has 1 heterocycles. The van der Waals surface area contributed by atoms with Crippen LogP contribution in [0, 0.1) is 0 Å². The Morgan fingerprint density at radius 2 is 1.71 bits per heavy atom. The molecular formula is C24H28Br2ClNO3. The molecule has 0 aliphatic carbocycles. The number of aryl methyl sites for hydroxylation is 1. The van der Waals surface area contributed by atoms with E-state index < -0.39 is 0 Å². The van der Waals surface area contributed by atoms with E-state index in [1.54, 1.807) is 0 Å². The van der Waals surface area contributed by atoms with Gasteiger partial charge in [-0.05, 0) is 69.5 Å². The summed E-state index contributed by atoms with van der Waals surface area (Å²) in [5, 5.41) is 0.885. The minimum absolute atomic E-state index is 0. The second kappa shape index (κ2) is 12.0. The van der Waals surface area contributed by atoms with Crippen LogP contribution in [-0.4, -0.2) is 32.0 Å². The highest BCUT2D eigenvalue weighted by Crippen LogP contribution is 2.35. The van der Waals surface area contributed by atoms with Crippen LogP contribution in [0.3, 0.4) is 0 Å². The number of hydrogen-bond acceptors (Lipinski definition) is 3. The van der Waals surface area contributed by atoms with Crippen molar-refractivity contribution in [3.8, 4) is 5.75 Å². The number of nitrogens with one attached hydrogen (secondary N) is 1. The molecule has 7 heteroatoms. The number of rotatable bonds is 10. The van der Waals surface area contributed by atoms with Crippen molar-refractivity contribution in [2.45, 2.75) is 33.6 Å². The van der Waals surface area contributed by atoms with E-state index in [0.29, 0.717) is 25.0 Å². The molecule has 0 bridgehead atoms. The van der Waals surface area contributed by atoms with Crippen molar-refractivity contribution >= 4 is 48.6 Å². The normalized spacial score (nSPS) is 11.0. The van der Waals surface area contributed by atoms with E-state index in [9.17, 15) is 4.79 Å². The number of para-hydroxylation sites is 1. The fraction of sp³-hybridized carbons (Fsp3) is 0.375. The Kier molecular flexibility index (Phi) is 10.1. The number of quaternary nitrogens is 1. The fourth-order valence-corrected chi connectivity index (χ4v) is 5.19. The van der Waals surface area contributed by atoms with E-state index in [-0.39, 0.29) is 18.2 Å². The minimum Gasteiger partial charge on any atom is -1.00 e. The summed E-state index contributed by atoms with van der Waals surface area (Å²) in [5.74, 6) is 1.59. The Labute approximate surface area is 207 Å². The highest BCUT2D eigenvalue weighted by molar-refractivity contribution is 9.11. The minimum atomic E-state index is 0. The van der Waals surface area contributed by atoms with Gasteiger partial charge in [0.15, 0.2) is 5.78 Å². The quantitative estimate of drug-likeness (QED) is 0.379. The van der Waals surface area contributed by atoms with Crippen LogP contribution >= 0.6 is 31.9 Å². The zero-order valence-electron chi connectivity index (χ0n) is 18.1. The maximum Gasteiger partial charge on any atom is 0.171 e. The molecule has 2 aromatic carbocycles. The summed E-state index contributed by atoms with van der Waals surface area (Å²) < 4.78 is 13.6. The van der Waals surface area contributed by atoms with Crippen LogP contribution in [0.15, 0.2) is 49.8 Å². The van der Waals surface area contributed by atoms with Crippen LogP contribution in [-0.2, 0) is 12.8 Å². The number of hydrogen-bond donors (Lipinski definition) is 1. The lowest BCUT2D eigenvalue weighted by Gasteiger charge is -2.17. The van der Waals surface area contributed by atoms with Gasteiger partial charge in [-0.15, -0.1) is 0 Å². The molecule has 0 radical (unpaired) electrons. The molecule has 0 saturated heterocycles. The Morgan fingerprint density at radius 3 is 2.32 bits per heavy atom. The number of benzene rings is 2. The third kappa shape index (κ3) is 6.13. The number of furan rings is 1. The van der Waals surface area contributed by atoms with E-state index in [1.807, 2.05) is 43.3 Å². The maximum absolute atomic E-state index is 13.2. The molecule has 1 N–H and O–H groups in total. The number of halogens is 3. The second-order valence-electron chi connectivity index (χ2n) is 7.29. The van der Waals surface area contributed by atoms with E-state index in [4.69, 9.17) is 9.15 Å². The molecule has 31 heavy (non-hydrogen) atoms. The number of ketones is 1. The second-order valence-corrected chi connectivity index (χ2v) is 9.00. The first-order valence-electron chi connectivity index (χ1n) is 10.5. The number of fused-ring (bicyclic) bond motifs is 1. The third-order valence-electron chi connectivity index (χ3n) is 5.39. The SMILES string of the molecule is CCc1oc2ccccc2c1C(=O)Cc1cc(Br)c(OCC[NH+](CC)CC)c(Br)c1.[Cl-]. The summed E-state index contributed by atoms with van der Waals surface area (Å²) in [5.41, 5.74) is 2.38. The van der Waals surface area contributed by atoms with Crippen molar-refractivity contribution in [3.63, 3.8) is 0 Å². The number of Topliss-reactive ketones (excluding diaryl/α,β-unsaturated/α-hetero) is 1. The summed E-state index contributed by atoms with van der Waals surface area (Å²) in [7, 11) is 0. The molecule has 168 valence electrons. The monoisotopic (exact) mass is 571 g/mol. The van der Waals surface area contributed by atoms with Gasteiger partial charge >= 0.3 is 0 Å². The first-order chi connectivity index (χ1) is 14.5. The van der Waals surface area contributed by atoms with Gasteiger partial charge in [0.1, 0.15) is 30.2 Å². The van der Waals surface area contributed by atoms with Crippen molar-refractivity contribution in [1.29, 1.82) is 0 Å². The maximum atomic E-state index is 13.2. The predicted octanol–water partition coefficient (Wildman–Crippen LogP) is 2.25. The molecule has 0 atom stereocenters. The number of ether oxygens (including phenoxy) is 1. The van der Waals surface area contributed by atoms with Gasteiger partial charge in [-0.2, -0.15) is 0 Å². The Morgan fingerprint density at radius 1 is 1.06 bits per heavy atom. The summed E-state index contributed by atoms with van der Waals surface area (Å²) in [6.07, 6.45) is 0.988. The largest absolute Gasteiger partial charge is 1.00 e. The average molecular weight is 574 g/mol. The van der Waals surface area contributed by atoms with Gasteiger partial charge in [-0.3, -0.25) is 4.79 Å². The van der Waals surface area contributed by atoms with Gasteiger partial charge in [0.25, 0.3) is 0 Å². The van der Waals surface area contributed by atoms with Gasteiger partial charge < -0.3 is 26.5 Å². The Balaban J connectivity index is 0.00000341. The van der Waals surface area contributed by atoms with E-state index in [2.05, 4.69) is 45.7 Å². The van der Waals surface area contributed by atoms with Crippen molar-refractivity contribution < 1.29 is 31.3 Å². The van der Waals surface area contributed by atoms with Gasteiger partial charge in [0.2, 0.25) is 0 Å². The summed E-state index contributed by atoms with van der Waals surface area (Å²) >= 11 is 7.23. The number of carbonyl (C=O) groups is 1. The number of carbonyl (C=O) groups excluding carboxylic acids is 1. The van der Waals surface area contributed by atoms with Crippen LogP contribution < -0.4 is 22.0 Å². The lowest BCUT2D eigenvalue weighted by molar-refractivity contribution is -0.896. The van der Waals surface area contributed by atoms with Gasteiger partial charge in [0.05, 0.1) is 27.6 Å².